The van der Waals surface area contributed by atoms with Gasteiger partial charge in [-0.05, 0) is 53.7 Å². The first-order valence-corrected chi connectivity index (χ1v) is 13.1. The van der Waals surface area contributed by atoms with Crippen LogP contribution in [0.1, 0.15) is 112 Å². The van der Waals surface area contributed by atoms with Crippen LogP contribution in [0.15, 0.2) is 23.1 Å². The van der Waals surface area contributed by atoms with Gasteiger partial charge in [-0.1, -0.05) is 47.5 Å². The van der Waals surface area contributed by atoms with E-state index >= 15 is 0 Å². The van der Waals surface area contributed by atoms with Crippen LogP contribution in [-0.4, -0.2) is 22.2 Å². The van der Waals surface area contributed by atoms with Crippen molar-refractivity contribution >= 4 is 5.97 Å². The number of hydrogen-bond donors (Lipinski definition) is 1. The molecule has 6 rings (SSSR count). The van der Waals surface area contributed by atoms with Crippen molar-refractivity contribution in [1.29, 1.82) is 0 Å². The molecule has 2 saturated carbocycles. The summed E-state index contributed by atoms with van der Waals surface area (Å²) in [5.74, 6) is 1.25. The predicted molar refractivity (Wildman–Crippen MR) is 134 cm³/mol. The average molecular weight is 464 g/mol. The molecule has 0 spiro atoms. The normalized spacial score (nSPS) is 26.0. The number of pyridine rings is 1. The quantitative estimate of drug-likeness (QED) is 0.549. The van der Waals surface area contributed by atoms with Crippen molar-refractivity contribution in [2.75, 3.05) is 6.61 Å². The first kappa shape index (κ1) is 23.2. The molecule has 3 atom stereocenters. The van der Waals surface area contributed by atoms with Crippen LogP contribution in [0, 0.1) is 11.3 Å². The van der Waals surface area contributed by atoms with Crippen molar-refractivity contribution in [2.24, 2.45) is 11.3 Å². The highest BCUT2D eigenvalue weighted by molar-refractivity contribution is 5.88. The molecule has 4 aliphatic rings. The lowest BCUT2D eigenvalue weighted by molar-refractivity contribution is 0.0693. The van der Waals surface area contributed by atoms with E-state index in [4.69, 9.17) is 4.74 Å². The van der Waals surface area contributed by atoms with Gasteiger partial charge < -0.3 is 14.4 Å². The molecule has 1 N–H and O–H groups in total. The molecule has 2 fully saturated rings. The molecular weight excluding hydrogens is 426 g/mol. The first-order valence-electron chi connectivity index (χ1n) is 13.1. The van der Waals surface area contributed by atoms with E-state index in [0.29, 0.717) is 17.8 Å². The zero-order valence-corrected chi connectivity index (χ0v) is 21.1. The number of carboxylic acids is 1. The molecule has 2 aliphatic carbocycles. The van der Waals surface area contributed by atoms with Crippen molar-refractivity contribution in [1.82, 2.24) is 4.57 Å². The minimum atomic E-state index is -1.15. The minimum absolute atomic E-state index is 0.00215. The van der Waals surface area contributed by atoms with E-state index in [9.17, 15) is 14.7 Å². The summed E-state index contributed by atoms with van der Waals surface area (Å²) in [6.45, 7) is 11.6. The van der Waals surface area contributed by atoms with Crippen LogP contribution in [0.4, 0.5) is 0 Å². The van der Waals surface area contributed by atoms with Crippen LogP contribution >= 0.6 is 0 Å². The van der Waals surface area contributed by atoms with Crippen molar-refractivity contribution in [3.05, 3.63) is 50.8 Å². The molecule has 0 amide bonds. The van der Waals surface area contributed by atoms with E-state index in [1.807, 2.05) is 13.8 Å². The summed E-state index contributed by atoms with van der Waals surface area (Å²) in [6.07, 6.45) is 8.50. The number of nitrogens with zero attached hydrogens (tertiary/aromatic N) is 1. The summed E-state index contributed by atoms with van der Waals surface area (Å²) in [7, 11) is 0. The molecular formula is C29H37NO4. The molecule has 3 heterocycles. The monoisotopic (exact) mass is 463 g/mol. The van der Waals surface area contributed by atoms with Gasteiger partial charge in [-0.2, -0.15) is 0 Å². The Morgan fingerprint density at radius 3 is 2.56 bits per heavy atom. The Hall–Kier alpha value is -2.56. The van der Waals surface area contributed by atoms with Gasteiger partial charge in [0.25, 0.3) is 0 Å². The maximum atomic E-state index is 12.8. The Morgan fingerprint density at radius 2 is 1.88 bits per heavy atom. The number of aromatic carboxylic acids is 1. The second kappa shape index (κ2) is 8.28. The fraction of sp³-hybridized carbons (Fsp3) is 0.586. The zero-order valence-electron chi connectivity index (χ0n) is 21.1. The van der Waals surface area contributed by atoms with Crippen LogP contribution < -0.4 is 10.2 Å². The lowest BCUT2D eigenvalue weighted by Crippen LogP contribution is -2.33. The smallest absolute Gasteiger partial charge is 0.341 e. The molecule has 1 aromatic heterocycles. The van der Waals surface area contributed by atoms with Crippen LogP contribution in [0.25, 0.3) is 11.3 Å². The second-order valence-corrected chi connectivity index (χ2v) is 11.1. The van der Waals surface area contributed by atoms with Crippen LogP contribution in [0.5, 0.6) is 5.75 Å². The maximum Gasteiger partial charge on any atom is 0.341 e. The summed E-state index contributed by atoms with van der Waals surface area (Å²) >= 11 is 0. The van der Waals surface area contributed by atoms with E-state index in [0.717, 1.165) is 36.5 Å². The fourth-order valence-corrected chi connectivity index (χ4v) is 7.59. The standard InChI is InChI=1S/C27H31NO4.C2H6/c1-14-12-27(2,3)25-22(14)23-16-8-9-32-24(16)17(15-6-4-5-7-15)10-18(23)20-11-21(29)19(26(30)31)13-28(20)25;1-2/h10-11,13-15,22,25H,4-9,12H2,1-3H3,(H,30,31);1-2H3/t14?,22-,25+;/m1./s1. The topological polar surface area (TPSA) is 68.5 Å². The Morgan fingerprint density at radius 1 is 1.18 bits per heavy atom. The van der Waals surface area contributed by atoms with Gasteiger partial charge in [-0.3, -0.25) is 4.79 Å². The number of carbonyl (C=O) groups is 1. The third-order valence-corrected chi connectivity index (χ3v) is 8.67. The molecule has 0 radical (unpaired) electrons. The van der Waals surface area contributed by atoms with E-state index in [2.05, 4.69) is 31.4 Å². The van der Waals surface area contributed by atoms with Crippen LogP contribution in [0.3, 0.4) is 0 Å². The summed E-state index contributed by atoms with van der Waals surface area (Å²) in [5.41, 5.74) is 5.50. The largest absolute Gasteiger partial charge is 0.493 e. The van der Waals surface area contributed by atoms with Crippen molar-refractivity contribution in [3.63, 3.8) is 0 Å². The molecule has 5 nitrogen and oxygen atoms in total. The van der Waals surface area contributed by atoms with Crippen LogP contribution in [0.2, 0.25) is 0 Å². The van der Waals surface area contributed by atoms with Gasteiger partial charge in [0.15, 0.2) is 5.43 Å². The maximum absolute atomic E-state index is 12.8. The SMILES string of the molecule is CC.CC1CC(C)(C)[C@@H]2[C@H]1c1c(cc(C3CCCC3)c3c1CCO3)-c1cc(=O)c(C(=O)O)cn12. The third-order valence-electron chi connectivity index (χ3n) is 8.67. The van der Waals surface area contributed by atoms with Crippen molar-refractivity contribution in [3.8, 4) is 17.0 Å². The number of carboxylic acid groups (broad SMARTS) is 1. The molecule has 5 heteroatoms. The van der Waals surface area contributed by atoms with Gasteiger partial charge in [0, 0.05) is 41.8 Å². The van der Waals surface area contributed by atoms with Gasteiger partial charge >= 0.3 is 5.97 Å². The number of aromatic nitrogens is 1. The van der Waals surface area contributed by atoms with Gasteiger partial charge in [0.1, 0.15) is 11.3 Å². The summed E-state index contributed by atoms with van der Waals surface area (Å²) < 4.78 is 8.40. The molecule has 182 valence electrons. The lowest BCUT2D eigenvalue weighted by atomic mass is 9.73. The highest BCUT2D eigenvalue weighted by atomic mass is 16.5. The van der Waals surface area contributed by atoms with Gasteiger partial charge in [-0.25, -0.2) is 4.79 Å². The number of fused-ring (bicyclic) bond motifs is 8. The number of benzene rings is 1. The Bertz CT molecular complexity index is 1200. The summed E-state index contributed by atoms with van der Waals surface area (Å²) in [5, 5.41) is 9.67. The summed E-state index contributed by atoms with van der Waals surface area (Å²) in [4.78, 5) is 24.6. The summed E-state index contributed by atoms with van der Waals surface area (Å²) in [6, 6.07) is 4.01. The van der Waals surface area contributed by atoms with Crippen LogP contribution in [-0.2, 0) is 6.42 Å². The Labute approximate surface area is 202 Å². The Kier molecular flexibility index (Phi) is 5.65. The molecule has 34 heavy (non-hydrogen) atoms. The fourth-order valence-electron chi connectivity index (χ4n) is 7.59. The van der Waals surface area contributed by atoms with Crippen molar-refractivity contribution in [2.45, 2.75) is 91.0 Å². The zero-order chi connectivity index (χ0) is 24.4. The van der Waals surface area contributed by atoms with E-state index in [-0.39, 0.29) is 17.0 Å². The second-order valence-electron chi connectivity index (χ2n) is 11.1. The average Bonchev–Trinajstić information content (AvgIpc) is 3.54. The molecule has 2 aliphatic heterocycles. The number of ether oxygens (including phenoxy) is 1. The predicted octanol–water partition coefficient (Wildman–Crippen LogP) is 6.54. The van der Waals surface area contributed by atoms with E-state index in [1.54, 1.807) is 12.3 Å². The minimum Gasteiger partial charge on any atom is -0.493 e. The molecule has 0 saturated heterocycles. The highest BCUT2D eigenvalue weighted by Crippen LogP contribution is 2.63. The highest BCUT2D eigenvalue weighted by Gasteiger charge is 2.52. The molecule has 0 bridgehead atoms. The number of rotatable bonds is 2. The van der Waals surface area contributed by atoms with E-state index < -0.39 is 11.4 Å². The van der Waals surface area contributed by atoms with E-state index in [1.165, 1.54) is 42.4 Å². The molecule has 1 unspecified atom stereocenters. The van der Waals surface area contributed by atoms with Crippen molar-refractivity contribution < 1.29 is 14.6 Å². The third kappa shape index (κ3) is 3.26. The van der Waals surface area contributed by atoms with Gasteiger partial charge in [0.05, 0.1) is 12.3 Å². The molecule has 1 aromatic carbocycles. The lowest BCUT2D eigenvalue weighted by Gasteiger charge is -2.41. The molecule has 2 aromatic rings. The Balaban J connectivity index is 0.00000117. The first-order chi connectivity index (χ1) is 16.3. The van der Waals surface area contributed by atoms with Gasteiger partial charge in [0.2, 0.25) is 0 Å². The van der Waals surface area contributed by atoms with Gasteiger partial charge in [-0.15, -0.1) is 0 Å². The number of hydrogen-bond acceptors (Lipinski definition) is 3.